The van der Waals surface area contributed by atoms with Crippen LogP contribution in [-0.2, 0) is 6.54 Å². The van der Waals surface area contributed by atoms with Crippen LogP contribution in [0.4, 0.5) is 11.5 Å². The minimum absolute atomic E-state index is 0.00359. The van der Waals surface area contributed by atoms with Gasteiger partial charge in [0, 0.05) is 25.1 Å². The van der Waals surface area contributed by atoms with Gasteiger partial charge in [0.25, 0.3) is 5.69 Å². The molecule has 1 aliphatic carbocycles. The minimum Gasteiger partial charge on any atom is -0.368 e. The molecule has 3 rings (SSSR count). The fourth-order valence-corrected chi connectivity index (χ4v) is 2.56. The number of anilines is 1. The maximum absolute atomic E-state index is 10.7. The lowest BCUT2D eigenvalue weighted by molar-refractivity contribution is -0.385. The molecule has 0 radical (unpaired) electrons. The number of aromatic amines is 1. The van der Waals surface area contributed by atoms with Crippen molar-refractivity contribution in [2.75, 3.05) is 11.9 Å². The molecule has 9 heteroatoms. The number of nitrogens with one attached hydrogen (secondary N) is 2. The molecule has 1 fully saturated rings. The lowest BCUT2D eigenvalue weighted by atomic mass is 10.2. The van der Waals surface area contributed by atoms with Gasteiger partial charge >= 0.3 is 0 Å². The van der Waals surface area contributed by atoms with Crippen LogP contribution in [0.1, 0.15) is 30.1 Å². The van der Waals surface area contributed by atoms with Gasteiger partial charge < -0.3 is 9.88 Å². The van der Waals surface area contributed by atoms with Crippen molar-refractivity contribution in [3.63, 3.8) is 0 Å². The van der Waals surface area contributed by atoms with E-state index in [0.717, 1.165) is 24.2 Å². The van der Waals surface area contributed by atoms with E-state index in [1.54, 1.807) is 6.92 Å². The number of hydrogen-bond acceptors (Lipinski definition) is 6. The molecule has 2 aromatic heterocycles. The summed E-state index contributed by atoms with van der Waals surface area (Å²) in [6, 6.07) is 1.51. The van der Waals surface area contributed by atoms with Crippen molar-refractivity contribution in [3.8, 4) is 0 Å². The van der Waals surface area contributed by atoms with Gasteiger partial charge in [0.2, 0.25) is 0 Å². The zero-order chi connectivity index (χ0) is 15.7. The summed E-state index contributed by atoms with van der Waals surface area (Å²) >= 11 is 5.25. The number of nitrogens with zero attached hydrogens (tertiary/aromatic N) is 4. The van der Waals surface area contributed by atoms with Gasteiger partial charge in [-0.2, -0.15) is 5.10 Å². The number of H-pyrrole nitrogens is 1. The van der Waals surface area contributed by atoms with Gasteiger partial charge in [0.05, 0.1) is 4.92 Å². The monoisotopic (exact) mass is 320 g/mol. The Labute approximate surface area is 131 Å². The molecule has 2 aromatic rings. The highest BCUT2D eigenvalue weighted by atomic mass is 32.1. The van der Waals surface area contributed by atoms with Crippen molar-refractivity contribution >= 4 is 23.7 Å². The van der Waals surface area contributed by atoms with Crippen LogP contribution in [-0.4, -0.2) is 31.2 Å². The average molecular weight is 320 g/mol. The topological polar surface area (TPSA) is 102 Å². The van der Waals surface area contributed by atoms with Crippen LogP contribution in [0.3, 0.4) is 0 Å². The van der Waals surface area contributed by atoms with Crippen molar-refractivity contribution < 1.29 is 4.92 Å². The van der Waals surface area contributed by atoms with Crippen LogP contribution >= 0.6 is 12.2 Å². The third-order valence-electron chi connectivity index (χ3n) is 3.63. The lowest BCUT2D eigenvalue weighted by Gasteiger charge is -2.10. The Hall–Kier alpha value is -2.29. The molecule has 0 aromatic carbocycles. The van der Waals surface area contributed by atoms with Crippen LogP contribution in [0.2, 0.25) is 0 Å². The molecule has 8 nitrogen and oxygen atoms in total. The zero-order valence-corrected chi connectivity index (χ0v) is 12.9. The molecule has 0 atom stereocenters. The zero-order valence-electron chi connectivity index (χ0n) is 12.1. The van der Waals surface area contributed by atoms with Gasteiger partial charge in [-0.15, -0.1) is 0 Å². The second-order valence-corrected chi connectivity index (χ2v) is 5.74. The molecule has 0 amide bonds. The molecule has 0 saturated heterocycles. The Morgan fingerprint density at radius 2 is 2.36 bits per heavy atom. The minimum atomic E-state index is -0.448. The maximum Gasteiger partial charge on any atom is 0.287 e. The highest BCUT2D eigenvalue weighted by molar-refractivity contribution is 7.71. The van der Waals surface area contributed by atoms with Gasteiger partial charge in [0.15, 0.2) is 4.77 Å². The predicted octanol–water partition coefficient (Wildman–Crippen LogP) is 2.54. The summed E-state index contributed by atoms with van der Waals surface area (Å²) in [7, 11) is 0. The molecule has 0 spiro atoms. The van der Waals surface area contributed by atoms with E-state index in [-0.39, 0.29) is 5.69 Å². The summed E-state index contributed by atoms with van der Waals surface area (Å²) in [5, 5.41) is 21.0. The number of pyridine rings is 1. The number of nitro groups is 1. The Morgan fingerprint density at radius 3 is 3.00 bits per heavy atom. The van der Waals surface area contributed by atoms with Crippen LogP contribution in [0.25, 0.3) is 0 Å². The highest BCUT2D eigenvalue weighted by Gasteiger charge is 2.28. The molecular formula is C13H16N6O2S. The Morgan fingerprint density at radius 1 is 1.59 bits per heavy atom. The number of aryl methyl sites for hydroxylation is 1. The predicted molar refractivity (Wildman–Crippen MR) is 83.5 cm³/mol. The summed E-state index contributed by atoms with van der Waals surface area (Å²) in [6.45, 7) is 3.10. The van der Waals surface area contributed by atoms with Gasteiger partial charge in [-0.3, -0.25) is 15.2 Å². The normalized spacial score (nSPS) is 14.0. The molecule has 2 heterocycles. The van der Waals surface area contributed by atoms with Crippen LogP contribution < -0.4 is 5.32 Å². The van der Waals surface area contributed by atoms with E-state index in [1.807, 2.05) is 4.57 Å². The molecule has 2 N–H and O–H groups in total. The van der Waals surface area contributed by atoms with E-state index in [0.29, 0.717) is 29.6 Å². The first-order chi connectivity index (χ1) is 10.6. The molecule has 0 bridgehead atoms. The van der Waals surface area contributed by atoms with E-state index >= 15 is 0 Å². The van der Waals surface area contributed by atoms with Crippen molar-refractivity contribution in [1.29, 1.82) is 0 Å². The number of rotatable bonds is 6. The third kappa shape index (κ3) is 2.98. The summed E-state index contributed by atoms with van der Waals surface area (Å²) in [6.07, 6.45) is 3.58. The van der Waals surface area contributed by atoms with E-state index in [2.05, 4.69) is 20.5 Å². The Kier molecular flexibility index (Phi) is 3.88. The van der Waals surface area contributed by atoms with E-state index in [9.17, 15) is 10.1 Å². The van der Waals surface area contributed by atoms with Crippen molar-refractivity contribution in [2.45, 2.75) is 32.2 Å². The van der Waals surface area contributed by atoms with Gasteiger partial charge in [-0.1, -0.05) is 0 Å². The van der Waals surface area contributed by atoms with Crippen LogP contribution in [0, 0.1) is 21.8 Å². The number of hydrogen-bond donors (Lipinski definition) is 2. The van der Waals surface area contributed by atoms with Crippen molar-refractivity contribution in [3.05, 3.63) is 38.5 Å². The fourth-order valence-electron chi connectivity index (χ4n) is 2.33. The summed E-state index contributed by atoms with van der Waals surface area (Å²) < 4.78 is 2.62. The van der Waals surface area contributed by atoms with Gasteiger partial charge in [-0.25, -0.2) is 4.98 Å². The molecule has 116 valence electrons. The standard InChI is InChI=1S/C13H16N6O2S/c1-8-6-10(19(20)21)7-15-11(8)14-4-5-18-12(9-2-3-9)16-17-13(18)22/h6-7,9H,2-5H2,1H3,(H,14,15)(H,17,22). The van der Waals surface area contributed by atoms with Crippen LogP contribution in [0.15, 0.2) is 12.3 Å². The molecule has 0 aliphatic heterocycles. The molecule has 0 unspecified atom stereocenters. The Balaban J connectivity index is 1.65. The third-order valence-corrected chi connectivity index (χ3v) is 3.94. The molecule has 1 aliphatic rings. The summed E-state index contributed by atoms with van der Waals surface area (Å²) in [5.41, 5.74) is 0.739. The lowest BCUT2D eigenvalue weighted by Crippen LogP contribution is -2.14. The first-order valence-electron chi connectivity index (χ1n) is 7.06. The first-order valence-corrected chi connectivity index (χ1v) is 7.47. The summed E-state index contributed by atoms with van der Waals surface area (Å²) in [4.78, 5) is 14.3. The quantitative estimate of drug-likeness (QED) is 0.482. The van der Waals surface area contributed by atoms with E-state index in [4.69, 9.17) is 12.2 Å². The molecular weight excluding hydrogens is 304 g/mol. The van der Waals surface area contributed by atoms with E-state index in [1.165, 1.54) is 12.3 Å². The van der Waals surface area contributed by atoms with E-state index < -0.39 is 4.92 Å². The largest absolute Gasteiger partial charge is 0.368 e. The summed E-state index contributed by atoms with van der Waals surface area (Å²) in [5.74, 6) is 2.18. The Bertz CT molecular complexity index is 764. The molecule has 1 saturated carbocycles. The van der Waals surface area contributed by atoms with Crippen molar-refractivity contribution in [1.82, 2.24) is 19.7 Å². The maximum atomic E-state index is 10.7. The average Bonchev–Trinajstić information content (AvgIpc) is 3.26. The van der Waals surface area contributed by atoms with Gasteiger partial charge in [0.1, 0.15) is 17.8 Å². The van der Waals surface area contributed by atoms with Crippen molar-refractivity contribution in [2.24, 2.45) is 0 Å². The smallest absolute Gasteiger partial charge is 0.287 e. The fraction of sp³-hybridized carbons (Fsp3) is 0.462. The SMILES string of the molecule is Cc1cc([N+](=O)[O-])cnc1NCCn1c(C2CC2)n[nH]c1=S. The molecule has 22 heavy (non-hydrogen) atoms. The second kappa shape index (κ2) is 5.84. The number of aromatic nitrogens is 4. The highest BCUT2D eigenvalue weighted by Crippen LogP contribution is 2.38. The van der Waals surface area contributed by atoms with Gasteiger partial charge in [-0.05, 0) is 37.5 Å². The second-order valence-electron chi connectivity index (χ2n) is 5.36. The first kappa shape index (κ1) is 14.6. The van der Waals surface area contributed by atoms with Crippen LogP contribution in [0.5, 0.6) is 0 Å².